The van der Waals surface area contributed by atoms with Crippen LogP contribution in [0, 0.1) is 11.3 Å². The summed E-state index contributed by atoms with van der Waals surface area (Å²) in [6, 6.07) is 19.4. The minimum Gasteiger partial charge on any atom is -0.465 e. The number of hydrogen-bond donors (Lipinski definition) is 0. The first kappa shape index (κ1) is 22.0. The van der Waals surface area contributed by atoms with E-state index in [1.807, 2.05) is 54.0 Å². The van der Waals surface area contributed by atoms with Crippen LogP contribution in [-0.4, -0.2) is 26.7 Å². The Morgan fingerprint density at radius 3 is 2.55 bits per heavy atom. The molecule has 0 N–H and O–H groups in total. The van der Waals surface area contributed by atoms with E-state index >= 15 is 0 Å². The fourth-order valence-corrected chi connectivity index (χ4v) is 3.94. The second kappa shape index (κ2) is 9.53. The third-order valence-electron chi connectivity index (χ3n) is 5.52. The zero-order valence-electron chi connectivity index (χ0n) is 18.6. The predicted molar refractivity (Wildman–Crippen MR) is 126 cm³/mol. The summed E-state index contributed by atoms with van der Waals surface area (Å²) in [4.78, 5) is 29.7. The minimum absolute atomic E-state index is 0.137. The lowest BCUT2D eigenvalue weighted by Crippen LogP contribution is -2.26. The van der Waals surface area contributed by atoms with Crippen molar-refractivity contribution in [2.45, 2.75) is 33.4 Å². The summed E-state index contributed by atoms with van der Waals surface area (Å²) >= 11 is 0. The normalized spacial score (nSPS) is 10.8. The molecule has 0 atom stereocenters. The van der Waals surface area contributed by atoms with Crippen molar-refractivity contribution in [1.29, 1.82) is 5.26 Å². The van der Waals surface area contributed by atoms with Crippen molar-refractivity contribution in [2.24, 2.45) is 0 Å². The van der Waals surface area contributed by atoms with E-state index in [1.165, 1.54) is 4.57 Å². The van der Waals surface area contributed by atoms with Gasteiger partial charge in [-0.05, 0) is 35.7 Å². The Bertz CT molecular complexity index is 1410. The number of carbonyl (C=O) groups is 1. The Balaban J connectivity index is 1.70. The smallest absolute Gasteiger partial charge is 0.326 e. The number of hydrogen-bond acceptors (Lipinski definition) is 5. The number of carbonyl (C=O) groups excluding carboxylic acids is 1. The van der Waals surface area contributed by atoms with Crippen LogP contribution in [0.3, 0.4) is 0 Å². The summed E-state index contributed by atoms with van der Waals surface area (Å²) in [6.45, 7) is 4.33. The van der Waals surface area contributed by atoms with Crippen molar-refractivity contribution >= 4 is 17.0 Å². The van der Waals surface area contributed by atoms with Gasteiger partial charge in [-0.15, -0.1) is 0 Å². The molecule has 0 aliphatic heterocycles. The van der Waals surface area contributed by atoms with Gasteiger partial charge in [0.25, 0.3) is 5.56 Å². The van der Waals surface area contributed by atoms with Crippen LogP contribution >= 0.6 is 0 Å². The lowest BCUT2D eigenvalue weighted by atomic mass is 9.99. The fourth-order valence-electron chi connectivity index (χ4n) is 3.94. The number of aryl methyl sites for hydroxylation is 1. The van der Waals surface area contributed by atoms with Crippen LogP contribution in [0.2, 0.25) is 0 Å². The molecule has 0 radical (unpaired) electrons. The molecule has 0 aliphatic carbocycles. The molecule has 7 heteroatoms. The highest BCUT2D eigenvalue weighted by Gasteiger charge is 2.16. The quantitative estimate of drug-likeness (QED) is 0.407. The highest BCUT2D eigenvalue weighted by molar-refractivity contribution is 5.76. The number of rotatable bonds is 7. The first-order valence-electron chi connectivity index (χ1n) is 10.9. The number of ether oxygens (including phenoxy) is 1. The maximum absolute atomic E-state index is 13.2. The fraction of sp³-hybridized carbons (Fsp3) is 0.231. The third-order valence-corrected chi connectivity index (χ3v) is 5.52. The van der Waals surface area contributed by atoms with E-state index in [0.29, 0.717) is 29.6 Å². The molecule has 4 aromatic rings. The van der Waals surface area contributed by atoms with Crippen LogP contribution in [0.25, 0.3) is 22.2 Å². The summed E-state index contributed by atoms with van der Waals surface area (Å²) in [6.07, 6.45) is 2.25. The Kier molecular flexibility index (Phi) is 6.36. The molecule has 2 heterocycles. The van der Waals surface area contributed by atoms with Gasteiger partial charge >= 0.3 is 5.97 Å². The number of imidazole rings is 1. The van der Waals surface area contributed by atoms with Gasteiger partial charge in [-0.2, -0.15) is 5.26 Å². The number of esters is 1. The lowest BCUT2D eigenvalue weighted by molar-refractivity contribution is -0.143. The SMILES string of the molecule is CCOC(=O)Cn1ccc2nc(CC)n(Cc3ccc(-c4ccccc4C#N)cc3)c2c1=O. The van der Waals surface area contributed by atoms with Crippen LogP contribution in [0.15, 0.2) is 65.6 Å². The van der Waals surface area contributed by atoms with Gasteiger partial charge in [0.15, 0.2) is 0 Å². The van der Waals surface area contributed by atoms with Crippen LogP contribution in [0.5, 0.6) is 0 Å². The first-order valence-corrected chi connectivity index (χ1v) is 10.9. The number of fused-ring (bicyclic) bond motifs is 1. The molecule has 0 aliphatic rings. The third kappa shape index (κ3) is 4.41. The van der Waals surface area contributed by atoms with Gasteiger partial charge in [-0.25, -0.2) is 4.98 Å². The summed E-state index contributed by atoms with van der Waals surface area (Å²) in [5, 5.41) is 9.38. The molecule has 2 aromatic heterocycles. The molecule has 0 bridgehead atoms. The topological polar surface area (TPSA) is 89.9 Å². The molecule has 0 spiro atoms. The van der Waals surface area contributed by atoms with Crippen molar-refractivity contribution in [3.8, 4) is 17.2 Å². The summed E-state index contributed by atoms with van der Waals surface area (Å²) in [7, 11) is 0. The van der Waals surface area contributed by atoms with Crippen molar-refractivity contribution < 1.29 is 9.53 Å². The van der Waals surface area contributed by atoms with E-state index < -0.39 is 5.97 Å². The highest BCUT2D eigenvalue weighted by Crippen LogP contribution is 2.24. The zero-order valence-corrected chi connectivity index (χ0v) is 18.6. The van der Waals surface area contributed by atoms with Gasteiger partial charge in [0.2, 0.25) is 0 Å². The summed E-state index contributed by atoms with van der Waals surface area (Å²) in [5.74, 6) is 0.351. The standard InChI is InChI=1S/C26H24N4O3/c1-3-23-28-22-13-14-29(17-24(31)33-4-2)26(32)25(22)30(23)16-18-9-11-19(12-10-18)21-8-6-5-7-20(21)15-27/h5-14H,3-4,16-17H2,1-2H3. The molecular weight excluding hydrogens is 416 g/mol. The molecule has 2 aromatic carbocycles. The Morgan fingerprint density at radius 2 is 1.85 bits per heavy atom. The van der Waals surface area contributed by atoms with E-state index in [1.54, 1.807) is 25.3 Å². The Morgan fingerprint density at radius 1 is 1.09 bits per heavy atom. The number of nitriles is 1. The van der Waals surface area contributed by atoms with Gasteiger partial charge in [0.05, 0.1) is 23.8 Å². The van der Waals surface area contributed by atoms with Gasteiger partial charge < -0.3 is 13.9 Å². The van der Waals surface area contributed by atoms with Crippen LogP contribution in [0.1, 0.15) is 30.8 Å². The van der Waals surface area contributed by atoms with Gasteiger partial charge in [-0.1, -0.05) is 49.4 Å². The number of nitrogens with zero attached hydrogens (tertiary/aromatic N) is 4. The molecule has 7 nitrogen and oxygen atoms in total. The van der Waals surface area contributed by atoms with Gasteiger partial charge in [0.1, 0.15) is 17.9 Å². The molecule has 33 heavy (non-hydrogen) atoms. The van der Waals surface area contributed by atoms with Crippen molar-refractivity contribution in [1.82, 2.24) is 14.1 Å². The predicted octanol–water partition coefficient (Wildman–Crippen LogP) is 3.91. The maximum Gasteiger partial charge on any atom is 0.326 e. The molecule has 0 saturated heterocycles. The largest absolute Gasteiger partial charge is 0.465 e. The van der Waals surface area contributed by atoms with Gasteiger partial charge in [-0.3, -0.25) is 9.59 Å². The van der Waals surface area contributed by atoms with E-state index in [4.69, 9.17) is 4.74 Å². The van der Waals surface area contributed by atoms with Crippen LogP contribution in [-0.2, 0) is 29.0 Å². The molecule has 166 valence electrons. The van der Waals surface area contributed by atoms with Crippen LogP contribution < -0.4 is 5.56 Å². The lowest BCUT2D eigenvalue weighted by Gasteiger charge is -2.11. The zero-order chi connectivity index (χ0) is 23.4. The number of aromatic nitrogens is 3. The summed E-state index contributed by atoms with van der Waals surface area (Å²) < 4.78 is 8.26. The second-order valence-corrected chi connectivity index (χ2v) is 7.61. The van der Waals surface area contributed by atoms with E-state index in [2.05, 4.69) is 11.1 Å². The first-order chi connectivity index (χ1) is 16.0. The Hall–Kier alpha value is -4.18. The molecular formula is C26H24N4O3. The maximum atomic E-state index is 13.2. The number of benzene rings is 2. The monoisotopic (exact) mass is 440 g/mol. The molecule has 0 saturated carbocycles. The van der Waals surface area contributed by atoms with Crippen molar-refractivity contribution in [2.75, 3.05) is 6.61 Å². The Labute approximate surface area is 191 Å². The van der Waals surface area contributed by atoms with Crippen LogP contribution in [0.4, 0.5) is 0 Å². The highest BCUT2D eigenvalue weighted by atomic mass is 16.5. The van der Waals surface area contributed by atoms with E-state index in [0.717, 1.165) is 22.5 Å². The molecule has 0 amide bonds. The van der Waals surface area contributed by atoms with Gasteiger partial charge in [0, 0.05) is 19.2 Å². The van der Waals surface area contributed by atoms with Crippen molar-refractivity contribution in [3.05, 3.63) is 88.1 Å². The molecule has 4 rings (SSSR count). The molecule has 0 fully saturated rings. The average molecular weight is 441 g/mol. The molecule has 0 unspecified atom stereocenters. The van der Waals surface area contributed by atoms with Crippen molar-refractivity contribution in [3.63, 3.8) is 0 Å². The van der Waals surface area contributed by atoms with E-state index in [-0.39, 0.29) is 18.7 Å². The second-order valence-electron chi connectivity index (χ2n) is 7.61. The minimum atomic E-state index is -0.450. The average Bonchev–Trinajstić information content (AvgIpc) is 3.19. The summed E-state index contributed by atoms with van der Waals surface area (Å²) in [5.41, 5.74) is 4.28. The number of pyridine rings is 1. The van der Waals surface area contributed by atoms with E-state index in [9.17, 15) is 14.9 Å².